The van der Waals surface area contributed by atoms with Gasteiger partial charge in [-0.15, -0.1) is 22.9 Å². The van der Waals surface area contributed by atoms with Crippen molar-refractivity contribution >= 4 is 28.8 Å². The Kier molecular flexibility index (Phi) is 5.07. The van der Waals surface area contributed by atoms with E-state index in [2.05, 4.69) is 13.0 Å². The molecule has 1 aliphatic heterocycles. The van der Waals surface area contributed by atoms with E-state index in [-0.39, 0.29) is 5.91 Å². The van der Waals surface area contributed by atoms with Crippen LogP contribution in [0.5, 0.6) is 0 Å². The van der Waals surface area contributed by atoms with Gasteiger partial charge in [0.25, 0.3) is 5.91 Å². The molecule has 4 heteroatoms. The van der Waals surface area contributed by atoms with Crippen LogP contribution in [-0.2, 0) is 6.42 Å². The van der Waals surface area contributed by atoms with Crippen molar-refractivity contribution < 1.29 is 4.79 Å². The van der Waals surface area contributed by atoms with Gasteiger partial charge >= 0.3 is 0 Å². The van der Waals surface area contributed by atoms with Crippen molar-refractivity contribution in [2.45, 2.75) is 32.6 Å². The molecule has 1 aliphatic rings. The molecule has 0 bridgehead atoms. The van der Waals surface area contributed by atoms with Crippen LogP contribution in [0.4, 0.5) is 0 Å². The number of hydrogen-bond acceptors (Lipinski definition) is 2. The van der Waals surface area contributed by atoms with Crippen molar-refractivity contribution in [1.29, 1.82) is 0 Å². The predicted molar refractivity (Wildman–Crippen MR) is 77.7 cm³/mol. The quantitative estimate of drug-likeness (QED) is 0.771. The van der Waals surface area contributed by atoms with Crippen molar-refractivity contribution in [1.82, 2.24) is 4.90 Å². The highest BCUT2D eigenvalue weighted by atomic mass is 35.5. The average molecular weight is 286 g/mol. The minimum Gasteiger partial charge on any atom is -0.338 e. The van der Waals surface area contributed by atoms with Gasteiger partial charge in [0.05, 0.1) is 4.88 Å². The van der Waals surface area contributed by atoms with E-state index >= 15 is 0 Å². The molecule has 0 spiro atoms. The molecule has 2 rings (SSSR count). The van der Waals surface area contributed by atoms with Gasteiger partial charge in [-0.05, 0) is 43.7 Å². The second-order valence-corrected chi connectivity index (χ2v) is 6.40. The Hall–Kier alpha value is -0.540. The van der Waals surface area contributed by atoms with Crippen molar-refractivity contribution in [2.24, 2.45) is 5.92 Å². The molecule has 1 saturated heterocycles. The highest BCUT2D eigenvalue weighted by Crippen LogP contribution is 2.24. The number of carbonyl (C=O) groups excluding carboxylic acids is 1. The van der Waals surface area contributed by atoms with E-state index in [0.717, 1.165) is 37.2 Å². The normalized spacial score (nSPS) is 20.1. The minimum absolute atomic E-state index is 0.207. The summed E-state index contributed by atoms with van der Waals surface area (Å²) >= 11 is 7.43. The fourth-order valence-electron chi connectivity index (χ4n) is 2.48. The molecule has 0 aromatic carbocycles. The number of hydrogen-bond donors (Lipinski definition) is 0. The molecule has 0 N–H and O–H groups in total. The molecule has 1 amide bonds. The van der Waals surface area contributed by atoms with Gasteiger partial charge in [-0.3, -0.25) is 4.79 Å². The van der Waals surface area contributed by atoms with Crippen LogP contribution in [0.1, 0.15) is 40.7 Å². The van der Waals surface area contributed by atoms with Crippen molar-refractivity contribution in [3.63, 3.8) is 0 Å². The molecule has 0 radical (unpaired) electrons. The molecular weight excluding hydrogens is 266 g/mol. The third-order valence-electron chi connectivity index (χ3n) is 3.54. The van der Waals surface area contributed by atoms with Gasteiger partial charge in [0.2, 0.25) is 0 Å². The van der Waals surface area contributed by atoms with Gasteiger partial charge in [0.15, 0.2) is 0 Å². The summed E-state index contributed by atoms with van der Waals surface area (Å²) in [6.07, 6.45) is 4.35. The van der Waals surface area contributed by atoms with E-state index in [1.165, 1.54) is 11.3 Å². The number of nitrogens with zero attached hydrogens (tertiary/aromatic N) is 1. The van der Waals surface area contributed by atoms with Gasteiger partial charge in [-0.25, -0.2) is 0 Å². The Morgan fingerprint density at radius 1 is 1.56 bits per heavy atom. The highest BCUT2D eigenvalue weighted by molar-refractivity contribution is 7.14. The summed E-state index contributed by atoms with van der Waals surface area (Å²) in [6, 6.07) is 4.04. The number of amides is 1. The molecule has 100 valence electrons. The van der Waals surface area contributed by atoms with Gasteiger partial charge in [0.1, 0.15) is 0 Å². The van der Waals surface area contributed by atoms with E-state index < -0.39 is 0 Å². The fraction of sp³-hybridized carbons (Fsp3) is 0.643. The summed E-state index contributed by atoms with van der Waals surface area (Å²) in [5, 5.41) is 0. The monoisotopic (exact) mass is 285 g/mol. The van der Waals surface area contributed by atoms with Gasteiger partial charge in [-0.1, -0.05) is 6.92 Å². The maximum atomic E-state index is 12.4. The number of rotatable bonds is 4. The number of halogens is 1. The fourth-order valence-corrected chi connectivity index (χ4v) is 3.70. The minimum atomic E-state index is 0.207. The lowest BCUT2D eigenvalue weighted by Crippen LogP contribution is -2.39. The van der Waals surface area contributed by atoms with E-state index in [0.29, 0.717) is 11.8 Å². The number of carbonyl (C=O) groups is 1. The van der Waals surface area contributed by atoms with Crippen LogP contribution < -0.4 is 0 Å². The van der Waals surface area contributed by atoms with Crippen LogP contribution in [0.3, 0.4) is 0 Å². The van der Waals surface area contributed by atoms with Crippen molar-refractivity contribution in [3.8, 4) is 0 Å². The number of thiophene rings is 1. The van der Waals surface area contributed by atoms with Crippen molar-refractivity contribution in [2.75, 3.05) is 19.0 Å². The summed E-state index contributed by atoms with van der Waals surface area (Å²) < 4.78 is 0. The zero-order valence-corrected chi connectivity index (χ0v) is 12.4. The van der Waals surface area contributed by atoms with Gasteiger partial charge in [-0.2, -0.15) is 0 Å². The summed E-state index contributed by atoms with van der Waals surface area (Å²) in [5.41, 5.74) is 0. The van der Waals surface area contributed by atoms with E-state index in [9.17, 15) is 4.79 Å². The SMILES string of the molecule is CCc1ccc(C(=O)N2CCCC(CCCl)C2)s1. The Morgan fingerprint density at radius 2 is 2.39 bits per heavy atom. The van der Waals surface area contributed by atoms with E-state index in [4.69, 9.17) is 11.6 Å². The number of aryl methyl sites for hydroxylation is 1. The second kappa shape index (κ2) is 6.58. The standard InChI is InChI=1S/C14H20ClNOS/c1-2-12-5-6-13(18-12)14(17)16-9-3-4-11(10-16)7-8-15/h5-6,11H,2-4,7-10H2,1H3. The Balaban J connectivity index is 1.99. The number of piperidine rings is 1. The Labute approximate surface area is 118 Å². The lowest BCUT2D eigenvalue weighted by Gasteiger charge is -2.32. The first-order chi connectivity index (χ1) is 8.74. The maximum Gasteiger partial charge on any atom is 0.263 e. The molecule has 0 saturated carbocycles. The summed E-state index contributed by atoms with van der Waals surface area (Å²) in [7, 11) is 0. The summed E-state index contributed by atoms with van der Waals surface area (Å²) in [6.45, 7) is 3.90. The number of alkyl halides is 1. The molecule has 1 unspecified atom stereocenters. The van der Waals surface area contributed by atoms with Gasteiger partial charge < -0.3 is 4.90 Å². The van der Waals surface area contributed by atoms with Gasteiger partial charge in [0, 0.05) is 23.8 Å². The molecular formula is C14H20ClNOS. The van der Waals surface area contributed by atoms with E-state index in [1.807, 2.05) is 11.0 Å². The second-order valence-electron chi connectivity index (χ2n) is 4.86. The van der Waals surface area contributed by atoms with Crippen LogP contribution in [0.25, 0.3) is 0 Å². The third-order valence-corrected chi connectivity index (χ3v) is 4.98. The van der Waals surface area contributed by atoms with Crippen LogP contribution in [0.2, 0.25) is 0 Å². The van der Waals surface area contributed by atoms with Crippen LogP contribution >= 0.6 is 22.9 Å². The summed E-state index contributed by atoms with van der Waals surface area (Å²) in [5.74, 6) is 1.50. The average Bonchev–Trinajstić information content (AvgIpc) is 2.87. The zero-order valence-electron chi connectivity index (χ0n) is 10.8. The van der Waals surface area contributed by atoms with Crippen molar-refractivity contribution in [3.05, 3.63) is 21.9 Å². The first-order valence-corrected chi connectivity index (χ1v) is 8.03. The van der Waals surface area contributed by atoms with Crippen LogP contribution in [0, 0.1) is 5.92 Å². The third kappa shape index (κ3) is 3.27. The highest BCUT2D eigenvalue weighted by Gasteiger charge is 2.24. The zero-order chi connectivity index (χ0) is 13.0. The topological polar surface area (TPSA) is 20.3 Å². The lowest BCUT2D eigenvalue weighted by molar-refractivity contribution is 0.0676. The summed E-state index contributed by atoms with van der Waals surface area (Å²) in [4.78, 5) is 16.6. The molecule has 18 heavy (non-hydrogen) atoms. The first-order valence-electron chi connectivity index (χ1n) is 6.68. The van der Waals surface area contributed by atoms with Crippen LogP contribution in [0.15, 0.2) is 12.1 Å². The molecule has 2 nitrogen and oxygen atoms in total. The molecule has 1 fully saturated rings. The molecule has 1 aromatic rings. The molecule has 0 aliphatic carbocycles. The smallest absolute Gasteiger partial charge is 0.263 e. The molecule has 2 heterocycles. The largest absolute Gasteiger partial charge is 0.338 e. The first kappa shape index (κ1) is 13.9. The predicted octanol–water partition coefficient (Wildman–Crippen LogP) is 3.79. The maximum absolute atomic E-state index is 12.4. The Morgan fingerprint density at radius 3 is 3.06 bits per heavy atom. The van der Waals surface area contributed by atoms with E-state index in [1.54, 1.807) is 11.3 Å². The molecule has 1 atom stereocenters. The Bertz CT molecular complexity index is 402. The number of likely N-dealkylation sites (tertiary alicyclic amines) is 1. The van der Waals surface area contributed by atoms with Crippen LogP contribution in [-0.4, -0.2) is 29.8 Å². The lowest BCUT2D eigenvalue weighted by atomic mass is 9.95. The molecule has 1 aromatic heterocycles.